The third kappa shape index (κ3) is 5.78. The number of hydrogen-bond donors (Lipinski definition) is 1. The minimum absolute atomic E-state index is 0.0355. The van der Waals surface area contributed by atoms with Gasteiger partial charge < -0.3 is 9.30 Å². The number of aromatic nitrogens is 1. The fourth-order valence-electron chi connectivity index (χ4n) is 5.57. The van der Waals surface area contributed by atoms with E-state index in [1.165, 1.54) is 4.90 Å². The Bertz CT molecular complexity index is 2010. The van der Waals surface area contributed by atoms with Gasteiger partial charge in [-0.05, 0) is 97.7 Å². The first-order chi connectivity index (χ1) is 22.3. The number of carbonyl (C=O) groups is 3. The van der Waals surface area contributed by atoms with E-state index in [4.69, 9.17) is 17.0 Å². The lowest BCUT2D eigenvalue weighted by molar-refractivity contribution is -0.122. The molecule has 0 bridgehead atoms. The van der Waals surface area contributed by atoms with Crippen LogP contribution >= 0.6 is 12.2 Å². The van der Waals surface area contributed by atoms with Crippen LogP contribution in [0.1, 0.15) is 34.0 Å². The van der Waals surface area contributed by atoms with Gasteiger partial charge in [-0.3, -0.25) is 19.8 Å². The highest BCUT2D eigenvalue weighted by atomic mass is 32.1. The van der Waals surface area contributed by atoms with Crippen LogP contribution in [-0.4, -0.2) is 34.1 Å². The maximum atomic E-state index is 14.1. The second-order valence-corrected chi connectivity index (χ2v) is 11.3. The third-order valence-corrected chi connectivity index (χ3v) is 8.08. The van der Waals surface area contributed by atoms with Gasteiger partial charge in [0.25, 0.3) is 11.8 Å². The molecule has 1 aromatic heterocycles. The Morgan fingerprint density at radius 3 is 2.15 bits per heavy atom. The molecular formula is C38H31N3O4S. The summed E-state index contributed by atoms with van der Waals surface area (Å²) in [5, 5.41) is 2.76. The van der Waals surface area contributed by atoms with Crippen molar-refractivity contribution in [2.24, 2.45) is 0 Å². The highest BCUT2D eigenvalue weighted by Gasteiger charge is 2.36. The summed E-state index contributed by atoms with van der Waals surface area (Å²) >= 11 is 5.49. The molecule has 7 nitrogen and oxygen atoms in total. The van der Waals surface area contributed by atoms with E-state index in [1.54, 1.807) is 25.1 Å². The Balaban J connectivity index is 1.58. The lowest BCUT2D eigenvalue weighted by Gasteiger charge is -2.30. The number of ether oxygens (including phenoxy) is 1. The van der Waals surface area contributed by atoms with Crippen LogP contribution in [0.4, 0.5) is 5.69 Å². The minimum atomic E-state index is -0.566. The summed E-state index contributed by atoms with van der Waals surface area (Å²) in [6, 6.07) is 34.6. The van der Waals surface area contributed by atoms with Crippen LogP contribution in [-0.2, 0) is 14.3 Å². The number of rotatable bonds is 7. The van der Waals surface area contributed by atoms with Crippen LogP contribution in [0.5, 0.6) is 0 Å². The molecule has 0 unspecified atom stereocenters. The van der Waals surface area contributed by atoms with Crippen molar-refractivity contribution in [3.8, 4) is 28.2 Å². The zero-order chi connectivity index (χ0) is 32.4. The maximum Gasteiger partial charge on any atom is 0.338 e. The van der Waals surface area contributed by atoms with Crippen molar-refractivity contribution in [1.29, 1.82) is 0 Å². The van der Waals surface area contributed by atoms with Crippen LogP contribution in [0.3, 0.4) is 0 Å². The number of thiocarbonyl (C=S) groups is 1. The van der Waals surface area contributed by atoms with Crippen molar-refractivity contribution in [1.82, 2.24) is 9.88 Å². The van der Waals surface area contributed by atoms with Crippen LogP contribution in [0.15, 0.2) is 115 Å². The normalized spacial score (nSPS) is 14.0. The van der Waals surface area contributed by atoms with E-state index in [9.17, 15) is 14.4 Å². The first-order valence-electron chi connectivity index (χ1n) is 14.9. The van der Waals surface area contributed by atoms with E-state index < -0.39 is 17.8 Å². The van der Waals surface area contributed by atoms with Gasteiger partial charge in [-0.25, -0.2) is 4.79 Å². The molecule has 1 N–H and O–H groups in total. The molecule has 0 radical (unpaired) electrons. The Morgan fingerprint density at radius 2 is 1.50 bits per heavy atom. The number of nitrogens with zero attached hydrogens (tertiary/aromatic N) is 2. The van der Waals surface area contributed by atoms with Crippen molar-refractivity contribution in [3.05, 3.63) is 137 Å². The molecule has 0 saturated carbocycles. The largest absolute Gasteiger partial charge is 0.462 e. The average Bonchev–Trinajstić information content (AvgIpc) is 3.44. The number of hydrogen-bond acceptors (Lipinski definition) is 5. The first-order valence-corrected chi connectivity index (χ1v) is 15.3. The van der Waals surface area contributed by atoms with E-state index >= 15 is 0 Å². The van der Waals surface area contributed by atoms with E-state index in [2.05, 4.69) is 9.88 Å². The molecule has 1 fully saturated rings. The molecular weight excluding hydrogens is 595 g/mol. The molecule has 8 heteroatoms. The second kappa shape index (κ2) is 12.8. The van der Waals surface area contributed by atoms with Gasteiger partial charge in [0.2, 0.25) is 0 Å². The molecule has 0 atom stereocenters. The SMILES string of the molecule is CCOC(=O)c1ccc(-n2c(-c3ccccc3)cc(/C=C3/C(=O)NC(=S)N(c4cc(C)ccc4C)C3=O)c2-c2ccccc2)cc1. The van der Waals surface area contributed by atoms with Crippen molar-refractivity contribution in [2.45, 2.75) is 20.8 Å². The summed E-state index contributed by atoms with van der Waals surface area (Å²) in [7, 11) is 0. The van der Waals surface area contributed by atoms with Crippen molar-refractivity contribution >= 4 is 46.9 Å². The third-order valence-electron chi connectivity index (χ3n) is 7.79. The van der Waals surface area contributed by atoms with Gasteiger partial charge >= 0.3 is 5.97 Å². The highest BCUT2D eigenvalue weighted by Crippen LogP contribution is 2.38. The molecule has 4 aromatic carbocycles. The number of anilines is 1. The molecule has 0 aliphatic carbocycles. The standard InChI is InChI=1S/C38H31N3O4S/c1-4-45-37(44)28-17-19-30(20-18-28)40-33(26-11-7-5-8-12-26)23-29(34(40)27-13-9-6-10-14-27)22-31-35(42)39-38(46)41(36(31)43)32-21-24(2)15-16-25(32)3/h5-23H,4H2,1-3H3,(H,39,42,46)/b31-22-. The van der Waals surface area contributed by atoms with Crippen LogP contribution < -0.4 is 10.2 Å². The quantitative estimate of drug-likeness (QED) is 0.0881. The molecule has 1 aliphatic rings. The monoisotopic (exact) mass is 625 g/mol. The average molecular weight is 626 g/mol. The molecule has 228 valence electrons. The van der Waals surface area contributed by atoms with Gasteiger partial charge in [0.15, 0.2) is 5.11 Å². The molecule has 46 heavy (non-hydrogen) atoms. The van der Waals surface area contributed by atoms with Crippen molar-refractivity contribution in [2.75, 3.05) is 11.5 Å². The topological polar surface area (TPSA) is 80.6 Å². The Kier molecular flexibility index (Phi) is 8.46. The number of esters is 1. The summed E-state index contributed by atoms with van der Waals surface area (Å²) in [6.07, 6.45) is 1.63. The van der Waals surface area contributed by atoms with E-state index in [1.807, 2.05) is 111 Å². The van der Waals surface area contributed by atoms with Crippen LogP contribution in [0, 0.1) is 13.8 Å². The van der Waals surface area contributed by atoms with Crippen LogP contribution in [0.2, 0.25) is 0 Å². The lowest BCUT2D eigenvalue weighted by Crippen LogP contribution is -2.54. The predicted molar refractivity (Wildman–Crippen MR) is 185 cm³/mol. The highest BCUT2D eigenvalue weighted by molar-refractivity contribution is 7.80. The molecule has 2 amide bonds. The fourth-order valence-corrected chi connectivity index (χ4v) is 5.85. The van der Waals surface area contributed by atoms with Crippen LogP contribution in [0.25, 0.3) is 34.3 Å². The van der Waals surface area contributed by atoms with E-state index in [0.29, 0.717) is 16.8 Å². The number of carbonyl (C=O) groups excluding carboxylic acids is 3. The Labute approximate surface area is 272 Å². The number of aryl methyl sites for hydroxylation is 2. The summed E-state index contributed by atoms with van der Waals surface area (Å²) in [5.74, 6) is -1.47. The number of nitrogens with one attached hydrogen (secondary N) is 1. The van der Waals surface area contributed by atoms with Gasteiger partial charge in [-0.15, -0.1) is 0 Å². The summed E-state index contributed by atoms with van der Waals surface area (Å²) < 4.78 is 7.27. The molecule has 6 rings (SSSR count). The van der Waals surface area contributed by atoms with Gasteiger partial charge in [-0.2, -0.15) is 0 Å². The van der Waals surface area contributed by atoms with Crippen molar-refractivity contribution in [3.63, 3.8) is 0 Å². The summed E-state index contributed by atoms with van der Waals surface area (Å²) in [6.45, 7) is 5.89. The maximum absolute atomic E-state index is 14.1. The van der Waals surface area contributed by atoms with Gasteiger partial charge in [0, 0.05) is 11.3 Å². The van der Waals surface area contributed by atoms with Gasteiger partial charge in [-0.1, -0.05) is 72.8 Å². The molecule has 2 heterocycles. The minimum Gasteiger partial charge on any atom is -0.462 e. The molecule has 1 aliphatic heterocycles. The summed E-state index contributed by atoms with van der Waals surface area (Å²) in [4.78, 5) is 41.3. The number of benzene rings is 4. The first kappa shape index (κ1) is 30.4. The number of amides is 2. The zero-order valence-corrected chi connectivity index (χ0v) is 26.4. The summed E-state index contributed by atoms with van der Waals surface area (Å²) in [5.41, 5.74) is 7.68. The van der Waals surface area contributed by atoms with Gasteiger partial charge in [0.1, 0.15) is 5.57 Å². The molecule has 1 saturated heterocycles. The van der Waals surface area contributed by atoms with Crippen molar-refractivity contribution < 1.29 is 19.1 Å². The molecule has 5 aromatic rings. The zero-order valence-electron chi connectivity index (χ0n) is 25.6. The predicted octanol–water partition coefficient (Wildman–Crippen LogP) is 7.44. The fraction of sp³-hybridized carbons (Fsp3) is 0.105. The Morgan fingerprint density at radius 1 is 0.848 bits per heavy atom. The second-order valence-electron chi connectivity index (χ2n) is 10.9. The smallest absolute Gasteiger partial charge is 0.338 e. The van der Waals surface area contributed by atoms with E-state index in [-0.39, 0.29) is 17.3 Å². The lowest BCUT2D eigenvalue weighted by atomic mass is 10.0. The van der Waals surface area contributed by atoms with Gasteiger partial charge in [0.05, 0.1) is 29.2 Å². The molecule has 0 spiro atoms. The Hall–Kier alpha value is -5.60. The van der Waals surface area contributed by atoms with E-state index in [0.717, 1.165) is 39.3 Å².